The van der Waals surface area contributed by atoms with E-state index in [0.717, 1.165) is 42.7 Å². The van der Waals surface area contributed by atoms with E-state index < -0.39 is 0 Å². The van der Waals surface area contributed by atoms with Crippen molar-refractivity contribution in [1.29, 1.82) is 0 Å². The van der Waals surface area contributed by atoms with E-state index in [1.807, 2.05) is 25.1 Å². The Labute approximate surface area is 132 Å². The van der Waals surface area contributed by atoms with Gasteiger partial charge in [-0.15, -0.1) is 0 Å². The molecular formula is C17H26N2O3. The second kappa shape index (κ2) is 8.03. The topological polar surface area (TPSA) is 61.8 Å². The zero-order chi connectivity index (χ0) is 15.9. The highest BCUT2D eigenvalue weighted by Crippen LogP contribution is 2.23. The van der Waals surface area contributed by atoms with Crippen LogP contribution in [-0.4, -0.2) is 41.8 Å². The highest BCUT2D eigenvalue weighted by Gasteiger charge is 2.28. The fraction of sp³-hybridized carbons (Fsp3) is 0.588. The summed E-state index contributed by atoms with van der Waals surface area (Å²) >= 11 is 0. The van der Waals surface area contributed by atoms with E-state index >= 15 is 0 Å². The number of carbonyl (C=O) groups is 1. The maximum Gasteiger partial charge on any atom is 0.322 e. The summed E-state index contributed by atoms with van der Waals surface area (Å²) in [7, 11) is 0. The van der Waals surface area contributed by atoms with E-state index in [9.17, 15) is 9.90 Å². The summed E-state index contributed by atoms with van der Waals surface area (Å²) in [5.74, 6) is 0.832. The molecule has 22 heavy (non-hydrogen) atoms. The van der Waals surface area contributed by atoms with Gasteiger partial charge in [-0.1, -0.05) is 13.3 Å². The molecule has 122 valence electrons. The van der Waals surface area contributed by atoms with Gasteiger partial charge < -0.3 is 20.1 Å². The first-order chi connectivity index (χ1) is 10.7. The van der Waals surface area contributed by atoms with Gasteiger partial charge in [-0.3, -0.25) is 0 Å². The number of nitrogens with one attached hydrogen (secondary N) is 1. The first kappa shape index (κ1) is 16.6. The van der Waals surface area contributed by atoms with Crippen molar-refractivity contribution in [1.82, 2.24) is 4.90 Å². The second-order valence-corrected chi connectivity index (χ2v) is 5.78. The molecule has 5 heteroatoms. The summed E-state index contributed by atoms with van der Waals surface area (Å²) in [6, 6.07) is 5.50. The second-order valence-electron chi connectivity index (χ2n) is 5.78. The normalized spacial score (nSPS) is 17.6. The van der Waals surface area contributed by atoms with E-state index in [1.165, 1.54) is 0 Å². The van der Waals surface area contributed by atoms with Crippen LogP contribution in [0.4, 0.5) is 10.5 Å². The predicted octanol–water partition coefficient (Wildman–Crippen LogP) is 3.16. The molecule has 0 aliphatic carbocycles. The van der Waals surface area contributed by atoms with Gasteiger partial charge in [0.15, 0.2) is 0 Å². The van der Waals surface area contributed by atoms with Crippen molar-refractivity contribution in [3.63, 3.8) is 0 Å². The standard InChI is InChI=1S/C17H26N2O3/c1-3-4-10-22-15-7-8-16(13(2)11-15)18-17(21)19-9-5-6-14(19)12-20/h7-8,11,14,20H,3-6,9-10,12H2,1-2H3,(H,18,21)/t14-/m0/s1. The third-order valence-electron chi connectivity index (χ3n) is 4.05. The van der Waals surface area contributed by atoms with Gasteiger partial charge in [-0.05, 0) is 49.9 Å². The Morgan fingerprint density at radius 1 is 1.50 bits per heavy atom. The average Bonchev–Trinajstić information content (AvgIpc) is 2.99. The molecule has 1 saturated heterocycles. The van der Waals surface area contributed by atoms with Crippen molar-refractivity contribution in [2.75, 3.05) is 25.1 Å². The largest absolute Gasteiger partial charge is 0.494 e. The van der Waals surface area contributed by atoms with Gasteiger partial charge in [0.25, 0.3) is 0 Å². The lowest BCUT2D eigenvalue weighted by atomic mass is 10.2. The number of nitrogens with zero attached hydrogens (tertiary/aromatic N) is 1. The van der Waals surface area contributed by atoms with Gasteiger partial charge in [0.1, 0.15) is 5.75 Å². The lowest BCUT2D eigenvalue weighted by Gasteiger charge is -2.23. The van der Waals surface area contributed by atoms with Crippen molar-refractivity contribution in [2.45, 2.75) is 45.6 Å². The Morgan fingerprint density at radius 2 is 2.32 bits per heavy atom. The molecule has 1 aliphatic heterocycles. The number of aliphatic hydroxyl groups excluding tert-OH is 1. The van der Waals surface area contributed by atoms with Gasteiger partial charge in [0.2, 0.25) is 0 Å². The molecule has 1 heterocycles. The van der Waals surface area contributed by atoms with Gasteiger partial charge in [0, 0.05) is 12.2 Å². The number of hydrogen-bond donors (Lipinski definition) is 2. The first-order valence-electron chi connectivity index (χ1n) is 8.07. The van der Waals surface area contributed by atoms with Crippen LogP contribution in [0.25, 0.3) is 0 Å². The SMILES string of the molecule is CCCCOc1ccc(NC(=O)N2CCC[C@H]2CO)c(C)c1. The maximum atomic E-state index is 12.3. The monoisotopic (exact) mass is 306 g/mol. The molecule has 1 fully saturated rings. The number of carbonyl (C=O) groups excluding carboxylic acids is 1. The van der Waals surface area contributed by atoms with E-state index in [2.05, 4.69) is 12.2 Å². The van der Waals surface area contributed by atoms with Crippen LogP contribution in [0.3, 0.4) is 0 Å². The third kappa shape index (κ3) is 4.13. The molecule has 2 amide bonds. The van der Waals surface area contributed by atoms with Crippen molar-refractivity contribution in [3.8, 4) is 5.75 Å². The van der Waals surface area contributed by atoms with Crippen LogP contribution in [0, 0.1) is 6.92 Å². The summed E-state index contributed by atoms with van der Waals surface area (Å²) in [5.41, 5.74) is 1.76. The number of amides is 2. The van der Waals surface area contributed by atoms with Gasteiger partial charge in [-0.2, -0.15) is 0 Å². The zero-order valence-corrected chi connectivity index (χ0v) is 13.5. The summed E-state index contributed by atoms with van der Waals surface area (Å²) in [5, 5.41) is 12.2. The van der Waals surface area contributed by atoms with Crippen LogP contribution in [-0.2, 0) is 0 Å². The van der Waals surface area contributed by atoms with Gasteiger partial charge in [-0.25, -0.2) is 4.79 Å². The molecule has 1 atom stereocenters. The molecule has 1 aromatic carbocycles. The minimum absolute atomic E-state index is 0.0244. The number of benzene rings is 1. The van der Waals surface area contributed by atoms with Crippen molar-refractivity contribution in [2.24, 2.45) is 0 Å². The highest BCUT2D eigenvalue weighted by atomic mass is 16.5. The van der Waals surface area contributed by atoms with Crippen LogP contribution in [0.1, 0.15) is 38.2 Å². The van der Waals surface area contributed by atoms with Crippen LogP contribution in [0.15, 0.2) is 18.2 Å². The predicted molar refractivity (Wildman–Crippen MR) is 87.4 cm³/mol. The molecule has 1 aromatic rings. The quantitative estimate of drug-likeness (QED) is 0.794. The molecule has 0 aromatic heterocycles. The van der Waals surface area contributed by atoms with Crippen LogP contribution in [0.5, 0.6) is 5.75 Å². The number of aryl methyl sites for hydroxylation is 1. The van der Waals surface area contributed by atoms with Crippen molar-refractivity contribution < 1.29 is 14.6 Å². The van der Waals surface area contributed by atoms with E-state index in [0.29, 0.717) is 13.2 Å². The number of rotatable bonds is 6. The van der Waals surface area contributed by atoms with Crippen LogP contribution < -0.4 is 10.1 Å². The van der Waals surface area contributed by atoms with E-state index in [4.69, 9.17) is 4.74 Å². The summed E-state index contributed by atoms with van der Waals surface area (Å²) in [4.78, 5) is 14.0. The molecule has 2 rings (SSSR count). The molecule has 0 radical (unpaired) electrons. The van der Waals surface area contributed by atoms with Gasteiger partial charge >= 0.3 is 6.03 Å². The molecule has 0 saturated carbocycles. The summed E-state index contributed by atoms with van der Waals surface area (Å²) in [6.45, 7) is 5.53. The Hall–Kier alpha value is -1.75. The van der Waals surface area contributed by atoms with Crippen molar-refractivity contribution in [3.05, 3.63) is 23.8 Å². The highest BCUT2D eigenvalue weighted by molar-refractivity contribution is 5.90. The third-order valence-corrected chi connectivity index (χ3v) is 4.05. The molecule has 2 N–H and O–H groups in total. The smallest absolute Gasteiger partial charge is 0.322 e. The number of likely N-dealkylation sites (tertiary alicyclic amines) is 1. The lowest BCUT2D eigenvalue weighted by Crippen LogP contribution is -2.40. The fourth-order valence-electron chi connectivity index (χ4n) is 2.68. The number of anilines is 1. The Bertz CT molecular complexity index is 505. The number of unbranched alkanes of at least 4 members (excludes halogenated alkanes) is 1. The summed E-state index contributed by atoms with van der Waals surface area (Å²) in [6.07, 6.45) is 3.96. The summed E-state index contributed by atoms with van der Waals surface area (Å²) < 4.78 is 5.67. The molecule has 0 unspecified atom stereocenters. The molecule has 0 bridgehead atoms. The Kier molecular flexibility index (Phi) is 6.07. The van der Waals surface area contributed by atoms with E-state index in [-0.39, 0.29) is 18.7 Å². The number of aliphatic hydroxyl groups is 1. The molecule has 1 aliphatic rings. The number of urea groups is 1. The Balaban J connectivity index is 1.96. The minimum Gasteiger partial charge on any atom is -0.494 e. The molecule has 5 nitrogen and oxygen atoms in total. The lowest BCUT2D eigenvalue weighted by molar-refractivity contribution is 0.166. The van der Waals surface area contributed by atoms with E-state index in [1.54, 1.807) is 4.90 Å². The fourth-order valence-corrected chi connectivity index (χ4v) is 2.68. The average molecular weight is 306 g/mol. The van der Waals surface area contributed by atoms with Crippen LogP contribution in [0.2, 0.25) is 0 Å². The number of hydrogen-bond acceptors (Lipinski definition) is 3. The molecular weight excluding hydrogens is 280 g/mol. The minimum atomic E-state index is -0.140. The first-order valence-corrected chi connectivity index (χ1v) is 8.07. The van der Waals surface area contributed by atoms with Crippen LogP contribution >= 0.6 is 0 Å². The Morgan fingerprint density at radius 3 is 3.00 bits per heavy atom. The molecule has 0 spiro atoms. The zero-order valence-electron chi connectivity index (χ0n) is 13.5. The van der Waals surface area contributed by atoms with Crippen molar-refractivity contribution >= 4 is 11.7 Å². The van der Waals surface area contributed by atoms with Gasteiger partial charge in [0.05, 0.1) is 19.3 Å². The maximum absolute atomic E-state index is 12.3. The number of ether oxygens (including phenoxy) is 1.